The van der Waals surface area contributed by atoms with Crippen molar-refractivity contribution in [3.8, 4) is 5.75 Å². The quantitative estimate of drug-likeness (QED) is 0.102. The van der Waals surface area contributed by atoms with E-state index in [9.17, 15) is 25.0 Å². The van der Waals surface area contributed by atoms with Crippen LogP contribution in [0.25, 0.3) is 10.4 Å². The van der Waals surface area contributed by atoms with E-state index in [0.717, 1.165) is 6.07 Å². The third kappa shape index (κ3) is 5.57. The van der Waals surface area contributed by atoms with Crippen LogP contribution in [0.2, 0.25) is 0 Å². The fourth-order valence-electron chi connectivity index (χ4n) is 2.02. The number of nitrogens with one attached hydrogen (secondary N) is 1. The van der Waals surface area contributed by atoms with Crippen molar-refractivity contribution < 1.29 is 24.1 Å². The number of hydrogen-bond donors (Lipinski definition) is 1. The number of anilines is 1. The predicted molar refractivity (Wildman–Crippen MR) is 95.5 cm³/mol. The van der Waals surface area contributed by atoms with Crippen molar-refractivity contribution in [1.82, 2.24) is 0 Å². The van der Waals surface area contributed by atoms with Gasteiger partial charge in [-0.25, -0.2) is 4.79 Å². The molecule has 13 heteroatoms. The maximum atomic E-state index is 11.6. The van der Waals surface area contributed by atoms with Gasteiger partial charge in [0.1, 0.15) is 18.0 Å². The van der Waals surface area contributed by atoms with E-state index in [1.54, 1.807) is 0 Å². The van der Waals surface area contributed by atoms with Gasteiger partial charge in [0.05, 0.1) is 9.85 Å². The summed E-state index contributed by atoms with van der Waals surface area (Å²) in [4.78, 5) is 34.5. The molecular weight excluding hydrogens is 376 g/mol. The van der Waals surface area contributed by atoms with Crippen LogP contribution < -0.4 is 10.1 Å². The number of nitro groups is 2. The number of nitro benzene ring substituents is 2. The van der Waals surface area contributed by atoms with Crippen molar-refractivity contribution in [2.45, 2.75) is 0 Å². The minimum absolute atomic E-state index is 0.0388. The molecule has 144 valence electrons. The molecule has 2 aromatic rings. The Morgan fingerprint density at radius 1 is 1.14 bits per heavy atom. The van der Waals surface area contributed by atoms with Crippen LogP contribution in [-0.4, -0.2) is 29.2 Å². The molecule has 0 aliphatic carbocycles. The van der Waals surface area contributed by atoms with Gasteiger partial charge in [0.15, 0.2) is 0 Å². The first-order valence-electron chi connectivity index (χ1n) is 7.57. The zero-order valence-corrected chi connectivity index (χ0v) is 14.0. The summed E-state index contributed by atoms with van der Waals surface area (Å²) in [6.07, 6.45) is -1.04. The summed E-state index contributed by atoms with van der Waals surface area (Å²) in [6.45, 7) is -0.127. The number of ether oxygens (including phenoxy) is 2. The van der Waals surface area contributed by atoms with Crippen LogP contribution in [0.5, 0.6) is 5.75 Å². The Balaban J connectivity index is 1.85. The third-order valence-corrected chi connectivity index (χ3v) is 3.22. The van der Waals surface area contributed by atoms with Gasteiger partial charge in [-0.15, -0.1) is 0 Å². The Labute approximate surface area is 156 Å². The molecule has 0 aliphatic rings. The van der Waals surface area contributed by atoms with Gasteiger partial charge in [-0.3, -0.25) is 20.2 Å². The number of azide groups is 1. The fraction of sp³-hybridized carbons (Fsp3) is 0.133. The summed E-state index contributed by atoms with van der Waals surface area (Å²) in [5, 5.41) is 27.6. The summed E-state index contributed by atoms with van der Waals surface area (Å²) in [5.41, 5.74) is 8.14. The number of rotatable bonds is 8. The number of non-ortho nitro benzene ring substituents is 1. The minimum Gasteiger partial charge on any atom is -0.432 e. The molecule has 0 unspecified atom stereocenters. The van der Waals surface area contributed by atoms with Crippen LogP contribution in [-0.2, 0) is 4.74 Å². The highest BCUT2D eigenvalue weighted by atomic mass is 16.7. The molecule has 13 nitrogen and oxygen atoms in total. The van der Waals surface area contributed by atoms with E-state index in [4.69, 9.17) is 15.0 Å². The largest absolute Gasteiger partial charge is 0.513 e. The van der Waals surface area contributed by atoms with Crippen molar-refractivity contribution in [1.29, 1.82) is 0 Å². The van der Waals surface area contributed by atoms with Crippen molar-refractivity contribution >= 4 is 28.9 Å². The van der Waals surface area contributed by atoms with E-state index in [0.29, 0.717) is 0 Å². The van der Waals surface area contributed by atoms with Crippen molar-refractivity contribution in [3.63, 3.8) is 0 Å². The molecule has 2 aromatic carbocycles. The Kier molecular flexibility index (Phi) is 6.66. The SMILES string of the molecule is [N-]=[N+]=Nc1ccc(NCCOC(=O)Oc2ccc([N+](=O)[O-])cc2)c([N+](=O)[O-])c1. The lowest BCUT2D eigenvalue weighted by Crippen LogP contribution is -2.17. The Bertz CT molecular complexity index is 940. The maximum Gasteiger partial charge on any atom is 0.513 e. The number of carbonyl (C=O) groups excluding carboxylic acids is 1. The Morgan fingerprint density at radius 2 is 1.86 bits per heavy atom. The Hall–Kier alpha value is -4.38. The van der Waals surface area contributed by atoms with E-state index < -0.39 is 16.0 Å². The van der Waals surface area contributed by atoms with Crippen LogP contribution >= 0.6 is 0 Å². The molecule has 0 aliphatic heterocycles. The molecule has 0 spiro atoms. The highest BCUT2D eigenvalue weighted by molar-refractivity contribution is 5.67. The summed E-state index contributed by atoms with van der Waals surface area (Å²) >= 11 is 0. The molecule has 1 N–H and O–H groups in total. The topological polar surface area (TPSA) is 183 Å². The summed E-state index contributed by atoms with van der Waals surface area (Å²) < 4.78 is 9.65. The lowest BCUT2D eigenvalue weighted by atomic mass is 10.2. The van der Waals surface area contributed by atoms with Crippen LogP contribution in [0.4, 0.5) is 27.5 Å². The minimum atomic E-state index is -1.04. The Morgan fingerprint density at radius 3 is 2.46 bits per heavy atom. The van der Waals surface area contributed by atoms with E-state index in [2.05, 4.69) is 15.3 Å². The van der Waals surface area contributed by atoms with E-state index >= 15 is 0 Å². The van der Waals surface area contributed by atoms with Crippen LogP contribution in [0.1, 0.15) is 0 Å². The maximum absolute atomic E-state index is 11.6. The monoisotopic (exact) mass is 388 g/mol. The molecule has 0 saturated carbocycles. The predicted octanol–water partition coefficient (Wildman–Crippen LogP) is 4.07. The lowest BCUT2D eigenvalue weighted by Gasteiger charge is -2.09. The molecule has 0 radical (unpaired) electrons. The molecule has 0 heterocycles. The molecular formula is C15H12N6O7. The van der Waals surface area contributed by atoms with Crippen molar-refractivity contribution in [3.05, 3.63) is 73.1 Å². The third-order valence-electron chi connectivity index (χ3n) is 3.22. The second-order valence-electron chi connectivity index (χ2n) is 5.03. The number of carbonyl (C=O) groups is 1. The lowest BCUT2D eigenvalue weighted by molar-refractivity contribution is -0.384. The first-order valence-corrected chi connectivity index (χ1v) is 7.57. The zero-order chi connectivity index (χ0) is 20.5. The summed E-state index contributed by atoms with van der Waals surface area (Å²) in [5.74, 6) is 0.0628. The number of hydrogen-bond acceptors (Lipinski definition) is 9. The average molecular weight is 388 g/mol. The molecule has 2 rings (SSSR count). The van der Waals surface area contributed by atoms with Gasteiger partial charge in [-0.1, -0.05) is 11.2 Å². The summed E-state index contributed by atoms with van der Waals surface area (Å²) in [6, 6.07) is 8.67. The van der Waals surface area contributed by atoms with Crippen LogP contribution in [0, 0.1) is 20.2 Å². The van der Waals surface area contributed by atoms with Gasteiger partial charge in [-0.2, -0.15) is 0 Å². The highest BCUT2D eigenvalue weighted by Crippen LogP contribution is 2.29. The molecule has 0 saturated heterocycles. The molecule has 0 aromatic heterocycles. The van der Waals surface area contributed by atoms with Crippen molar-refractivity contribution in [2.75, 3.05) is 18.5 Å². The van der Waals surface area contributed by atoms with Crippen LogP contribution in [0.3, 0.4) is 0 Å². The average Bonchev–Trinajstić information content (AvgIpc) is 2.66. The normalized spacial score (nSPS) is 9.71. The highest BCUT2D eigenvalue weighted by Gasteiger charge is 2.14. The molecule has 0 atom stereocenters. The van der Waals surface area contributed by atoms with Gasteiger partial charge in [-0.05, 0) is 23.7 Å². The van der Waals surface area contributed by atoms with Crippen LogP contribution in [0.15, 0.2) is 47.6 Å². The van der Waals surface area contributed by atoms with Gasteiger partial charge < -0.3 is 14.8 Å². The number of benzene rings is 2. The van der Waals surface area contributed by atoms with E-state index in [1.807, 2.05) is 0 Å². The first-order chi connectivity index (χ1) is 13.4. The second-order valence-corrected chi connectivity index (χ2v) is 5.03. The molecule has 0 bridgehead atoms. The zero-order valence-electron chi connectivity index (χ0n) is 14.0. The van der Waals surface area contributed by atoms with Gasteiger partial charge in [0, 0.05) is 35.3 Å². The summed E-state index contributed by atoms with van der Waals surface area (Å²) in [7, 11) is 0. The molecule has 0 fully saturated rings. The van der Waals surface area contributed by atoms with E-state index in [1.165, 1.54) is 36.4 Å². The van der Waals surface area contributed by atoms with Crippen molar-refractivity contribution in [2.24, 2.45) is 5.11 Å². The first kappa shape index (κ1) is 19.9. The number of nitrogens with zero attached hydrogens (tertiary/aromatic N) is 5. The standard InChI is InChI=1S/C15H12N6O7/c16-19-18-10-1-6-13(14(9-10)21(25)26)17-7-8-27-15(22)28-12-4-2-11(3-5-12)20(23)24/h1-6,9,17H,7-8H2. The molecule has 0 amide bonds. The van der Waals surface area contributed by atoms with Gasteiger partial charge >= 0.3 is 6.16 Å². The fourth-order valence-corrected chi connectivity index (χ4v) is 2.02. The van der Waals surface area contributed by atoms with Gasteiger partial charge in [0.25, 0.3) is 11.4 Å². The van der Waals surface area contributed by atoms with E-state index in [-0.39, 0.29) is 41.7 Å². The van der Waals surface area contributed by atoms with Gasteiger partial charge in [0.2, 0.25) is 0 Å². The molecule has 28 heavy (non-hydrogen) atoms. The second kappa shape index (κ2) is 9.35. The smallest absolute Gasteiger partial charge is 0.432 e.